The molecule has 1 amide bonds. The van der Waals surface area contributed by atoms with E-state index in [0.717, 1.165) is 0 Å². The molecule has 0 bridgehead atoms. The Bertz CT molecular complexity index is 343. The Kier molecular flexibility index (Phi) is 6.48. The van der Waals surface area contributed by atoms with Gasteiger partial charge in [0, 0.05) is 13.7 Å². The van der Waals surface area contributed by atoms with E-state index in [2.05, 4.69) is 5.32 Å². The van der Waals surface area contributed by atoms with Crippen molar-refractivity contribution in [3.8, 4) is 5.75 Å². The van der Waals surface area contributed by atoms with Crippen molar-refractivity contribution in [2.75, 3.05) is 19.0 Å². The van der Waals surface area contributed by atoms with Crippen LogP contribution < -0.4 is 11.1 Å². The summed E-state index contributed by atoms with van der Waals surface area (Å²) in [6, 6.07) is 6.46. The number of ether oxygens (including phenoxy) is 1. The molecule has 0 heterocycles. The Balaban J connectivity index is 0.00000225. The zero-order chi connectivity index (χ0) is 11.3. The second-order valence-corrected chi connectivity index (χ2v) is 2.97. The van der Waals surface area contributed by atoms with Crippen LogP contribution in [0.1, 0.15) is 0 Å². The number of phenolic OH excluding ortho intramolecular Hbond substituents is 1. The minimum atomic E-state index is -0.704. The number of rotatable bonds is 4. The van der Waals surface area contributed by atoms with Gasteiger partial charge in [-0.05, 0) is 12.1 Å². The number of hydrogen-bond acceptors (Lipinski definition) is 4. The van der Waals surface area contributed by atoms with Gasteiger partial charge < -0.3 is 20.9 Å². The highest BCUT2D eigenvalue weighted by molar-refractivity contribution is 5.95. The first-order valence-corrected chi connectivity index (χ1v) is 4.50. The molecule has 16 heavy (non-hydrogen) atoms. The lowest BCUT2D eigenvalue weighted by Gasteiger charge is -2.13. The zero-order valence-electron chi connectivity index (χ0n) is 8.84. The van der Waals surface area contributed by atoms with Crippen LogP contribution in [-0.2, 0) is 9.53 Å². The molecule has 1 aromatic rings. The minimum Gasteiger partial charge on any atom is -0.506 e. The molecule has 0 aliphatic heterocycles. The number of benzene rings is 1. The molecule has 1 atom stereocenters. The summed E-state index contributed by atoms with van der Waals surface area (Å²) in [5.74, 6) is -0.362. The number of para-hydroxylation sites is 2. The first-order chi connectivity index (χ1) is 7.19. The maximum Gasteiger partial charge on any atom is 0.254 e. The molecule has 4 N–H and O–H groups in total. The third-order valence-electron chi connectivity index (χ3n) is 1.95. The molecule has 0 aliphatic carbocycles. The molecule has 0 saturated carbocycles. The number of methoxy groups -OCH3 is 1. The molecule has 0 radical (unpaired) electrons. The molecule has 0 aliphatic rings. The Morgan fingerprint density at radius 1 is 1.56 bits per heavy atom. The number of nitrogens with two attached hydrogens (primary N) is 1. The standard InChI is InChI=1S/C10H14N2O3.ClH/c1-15-9(6-11)10(14)12-7-4-2-3-5-8(7)13;/h2-5,9,13H,6,11H2,1H3,(H,12,14);1H. The zero-order valence-corrected chi connectivity index (χ0v) is 9.66. The Morgan fingerprint density at radius 3 is 2.69 bits per heavy atom. The van der Waals surface area contributed by atoms with Crippen LogP contribution in [0.5, 0.6) is 5.75 Å². The van der Waals surface area contributed by atoms with Crippen LogP contribution in [0.3, 0.4) is 0 Å². The molecule has 0 fully saturated rings. The van der Waals surface area contributed by atoms with E-state index in [4.69, 9.17) is 10.5 Å². The SMILES string of the molecule is COC(CN)C(=O)Nc1ccccc1O.Cl. The topological polar surface area (TPSA) is 84.6 Å². The third-order valence-corrected chi connectivity index (χ3v) is 1.95. The van der Waals surface area contributed by atoms with Gasteiger partial charge in [0.05, 0.1) is 5.69 Å². The van der Waals surface area contributed by atoms with Crippen LogP contribution in [0.4, 0.5) is 5.69 Å². The van der Waals surface area contributed by atoms with Crippen molar-refractivity contribution in [3.63, 3.8) is 0 Å². The predicted octanol–water partition coefficient (Wildman–Crippen LogP) is 0.726. The fraction of sp³-hybridized carbons (Fsp3) is 0.300. The molecule has 1 rings (SSSR count). The summed E-state index contributed by atoms with van der Waals surface area (Å²) < 4.78 is 4.85. The van der Waals surface area contributed by atoms with Gasteiger partial charge in [0.15, 0.2) is 0 Å². The van der Waals surface area contributed by atoms with Gasteiger partial charge in [-0.25, -0.2) is 0 Å². The largest absolute Gasteiger partial charge is 0.506 e. The first kappa shape index (κ1) is 14.7. The lowest BCUT2D eigenvalue weighted by molar-refractivity contribution is -0.125. The smallest absolute Gasteiger partial charge is 0.254 e. The lowest BCUT2D eigenvalue weighted by atomic mass is 10.2. The fourth-order valence-electron chi connectivity index (χ4n) is 1.10. The van der Waals surface area contributed by atoms with Gasteiger partial charge in [-0.1, -0.05) is 12.1 Å². The number of anilines is 1. The first-order valence-electron chi connectivity index (χ1n) is 4.50. The van der Waals surface area contributed by atoms with Gasteiger partial charge >= 0.3 is 0 Å². The van der Waals surface area contributed by atoms with E-state index in [1.165, 1.54) is 13.2 Å². The van der Waals surface area contributed by atoms with Gasteiger partial charge in [-0.2, -0.15) is 0 Å². The summed E-state index contributed by atoms with van der Waals surface area (Å²) in [6.07, 6.45) is -0.704. The van der Waals surface area contributed by atoms with Crippen molar-refractivity contribution in [2.24, 2.45) is 5.73 Å². The highest BCUT2D eigenvalue weighted by atomic mass is 35.5. The van der Waals surface area contributed by atoms with Gasteiger partial charge in [-0.3, -0.25) is 4.79 Å². The van der Waals surface area contributed by atoms with E-state index >= 15 is 0 Å². The molecule has 0 spiro atoms. The molecule has 5 nitrogen and oxygen atoms in total. The molecule has 1 unspecified atom stereocenters. The molecular formula is C10H15ClN2O3. The van der Waals surface area contributed by atoms with Crippen molar-refractivity contribution < 1.29 is 14.6 Å². The van der Waals surface area contributed by atoms with Crippen molar-refractivity contribution in [2.45, 2.75) is 6.10 Å². The highest BCUT2D eigenvalue weighted by Crippen LogP contribution is 2.21. The number of aromatic hydroxyl groups is 1. The van der Waals surface area contributed by atoms with Crippen LogP contribution >= 0.6 is 12.4 Å². The van der Waals surface area contributed by atoms with E-state index in [1.807, 2.05) is 0 Å². The van der Waals surface area contributed by atoms with Crippen LogP contribution in [0.15, 0.2) is 24.3 Å². The number of halogens is 1. The van der Waals surface area contributed by atoms with Crippen LogP contribution in [0.2, 0.25) is 0 Å². The summed E-state index contributed by atoms with van der Waals surface area (Å²) in [5, 5.41) is 11.9. The van der Waals surface area contributed by atoms with E-state index < -0.39 is 6.10 Å². The molecule has 6 heteroatoms. The second kappa shape index (κ2) is 7.05. The van der Waals surface area contributed by atoms with Gasteiger partial charge in [-0.15, -0.1) is 12.4 Å². The number of carbonyl (C=O) groups excluding carboxylic acids is 1. The summed E-state index contributed by atoms with van der Waals surface area (Å²) in [5.41, 5.74) is 5.67. The molecular weight excluding hydrogens is 232 g/mol. The highest BCUT2D eigenvalue weighted by Gasteiger charge is 2.16. The molecule has 0 saturated heterocycles. The Hall–Kier alpha value is -1.30. The van der Waals surface area contributed by atoms with Crippen LogP contribution in [-0.4, -0.2) is 30.8 Å². The van der Waals surface area contributed by atoms with Crippen LogP contribution in [0, 0.1) is 0 Å². The van der Waals surface area contributed by atoms with E-state index in [9.17, 15) is 9.90 Å². The number of carbonyl (C=O) groups is 1. The average molecular weight is 247 g/mol. The quantitative estimate of drug-likeness (QED) is 0.684. The third kappa shape index (κ3) is 3.69. The minimum absolute atomic E-state index is 0. The molecule has 90 valence electrons. The van der Waals surface area contributed by atoms with E-state index in [1.54, 1.807) is 18.2 Å². The van der Waals surface area contributed by atoms with Crippen molar-refractivity contribution in [1.82, 2.24) is 0 Å². The summed E-state index contributed by atoms with van der Waals surface area (Å²) in [6.45, 7) is 0.0932. The number of amides is 1. The number of nitrogens with one attached hydrogen (secondary N) is 1. The maximum atomic E-state index is 11.5. The second-order valence-electron chi connectivity index (χ2n) is 2.97. The van der Waals surface area contributed by atoms with Crippen LogP contribution in [0.25, 0.3) is 0 Å². The van der Waals surface area contributed by atoms with Gasteiger partial charge in [0.1, 0.15) is 11.9 Å². The summed E-state index contributed by atoms with van der Waals surface area (Å²) in [4.78, 5) is 11.5. The average Bonchev–Trinajstić information content (AvgIpc) is 2.23. The fourth-order valence-corrected chi connectivity index (χ4v) is 1.10. The summed E-state index contributed by atoms with van der Waals surface area (Å²) >= 11 is 0. The van der Waals surface area contributed by atoms with Crippen molar-refractivity contribution in [1.29, 1.82) is 0 Å². The lowest BCUT2D eigenvalue weighted by Crippen LogP contribution is -2.35. The van der Waals surface area contributed by atoms with Gasteiger partial charge in [0.25, 0.3) is 5.91 Å². The van der Waals surface area contributed by atoms with Gasteiger partial charge in [0.2, 0.25) is 0 Å². The number of phenols is 1. The van der Waals surface area contributed by atoms with Crippen molar-refractivity contribution in [3.05, 3.63) is 24.3 Å². The Morgan fingerprint density at radius 2 is 2.19 bits per heavy atom. The van der Waals surface area contributed by atoms with Crippen molar-refractivity contribution >= 4 is 24.0 Å². The maximum absolute atomic E-state index is 11.5. The molecule has 0 aromatic heterocycles. The number of hydrogen-bond donors (Lipinski definition) is 3. The monoisotopic (exact) mass is 246 g/mol. The molecule has 1 aromatic carbocycles. The van der Waals surface area contributed by atoms with E-state index in [0.29, 0.717) is 5.69 Å². The predicted molar refractivity (Wildman–Crippen MR) is 63.8 cm³/mol. The normalized spacial score (nSPS) is 11.4. The summed E-state index contributed by atoms with van der Waals surface area (Å²) in [7, 11) is 1.40. The Labute approximate surface area is 100 Å². The van der Waals surface area contributed by atoms with E-state index in [-0.39, 0.29) is 30.6 Å².